The van der Waals surface area contributed by atoms with Gasteiger partial charge in [0.05, 0.1) is 0 Å². The largest absolute Gasteiger partial charge is 0.480 e. The van der Waals surface area contributed by atoms with E-state index in [1.807, 2.05) is 20.8 Å². The quantitative estimate of drug-likeness (QED) is 0.847. The fraction of sp³-hybridized carbons (Fsp3) is 0.789. The van der Waals surface area contributed by atoms with Crippen molar-refractivity contribution in [2.75, 3.05) is 32.0 Å². The summed E-state index contributed by atoms with van der Waals surface area (Å²) in [5, 5.41) is 12.8. The molecule has 0 spiro atoms. The molecule has 0 bridgehead atoms. The molecule has 2 fully saturated rings. The number of anilines is 1. The number of likely N-dealkylation sites (tertiary alicyclic amines) is 1. The van der Waals surface area contributed by atoms with Gasteiger partial charge in [0, 0.05) is 31.2 Å². The van der Waals surface area contributed by atoms with E-state index in [0.717, 1.165) is 64.2 Å². The molecule has 0 unspecified atom stereocenters. The number of rotatable bonds is 3. The highest BCUT2D eigenvalue weighted by Gasteiger charge is 2.30. The van der Waals surface area contributed by atoms with Crippen molar-refractivity contribution in [3.05, 3.63) is 11.8 Å². The summed E-state index contributed by atoms with van der Waals surface area (Å²) in [5.41, 5.74) is 5.38. The van der Waals surface area contributed by atoms with Crippen LogP contribution in [-0.2, 0) is 14.9 Å². The first kappa shape index (κ1) is 20.7. The van der Waals surface area contributed by atoms with E-state index >= 15 is 0 Å². The van der Waals surface area contributed by atoms with Gasteiger partial charge in [0.1, 0.15) is 11.8 Å². The Kier molecular flexibility index (Phi) is 7.46. The van der Waals surface area contributed by atoms with Gasteiger partial charge in [-0.2, -0.15) is 0 Å². The van der Waals surface area contributed by atoms with Crippen LogP contribution in [0.2, 0.25) is 0 Å². The van der Waals surface area contributed by atoms with Crippen LogP contribution < -0.4 is 5.73 Å². The minimum absolute atomic E-state index is 0.00458. The first-order valence-corrected chi connectivity index (χ1v) is 9.54. The van der Waals surface area contributed by atoms with Gasteiger partial charge in [-0.25, -0.2) is 0 Å². The zero-order chi connectivity index (χ0) is 19.2. The van der Waals surface area contributed by atoms with E-state index in [9.17, 15) is 9.90 Å². The zero-order valence-electron chi connectivity index (χ0n) is 16.2. The summed E-state index contributed by atoms with van der Waals surface area (Å²) in [6.45, 7) is 9.73. The number of ether oxygens (including phenoxy) is 1. The van der Waals surface area contributed by atoms with Crippen LogP contribution in [0.3, 0.4) is 0 Å². The molecule has 2 aliphatic heterocycles. The van der Waals surface area contributed by atoms with Crippen molar-refractivity contribution < 1.29 is 19.2 Å². The highest BCUT2D eigenvalue weighted by atomic mass is 16.5. The van der Waals surface area contributed by atoms with E-state index in [2.05, 4.69) is 10.1 Å². The summed E-state index contributed by atoms with van der Waals surface area (Å²) in [6, 6.07) is 1.51. The second-order valence-corrected chi connectivity index (χ2v) is 8.27. The maximum atomic E-state index is 11.1. The molecule has 3 rings (SSSR count). The van der Waals surface area contributed by atoms with Crippen LogP contribution in [0.25, 0.3) is 0 Å². The van der Waals surface area contributed by atoms with Crippen molar-refractivity contribution in [3.8, 4) is 0 Å². The van der Waals surface area contributed by atoms with Crippen LogP contribution >= 0.6 is 0 Å². The van der Waals surface area contributed by atoms with Gasteiger partial charge in [-0.05, 0) is 38.1 Å². The van der Waals surface area contributed by atoms with E-state index in [-0.39, 0.29) is 11.5 Å². The summed E-state index contributed by atoms with van der Waals surface area (Å²) >= 11 is 0. The minimum atomic E-state index is -0.647. The maximum Gasteiger partial charge on any atom is 0.320 e. The number of hydrogen-bond acceptors (Lipinski definition) is 6. The second kappa shape index (κ2) is 9.37. The molecule has 26 heavy (non-hydrogen) atoms. The lowest BCUT2D eigenvalue weighted by Gasteiger charge is -2.36. The number of carboxylic acids is 1. The van der Waals surface area contributed by atoms with Crippen LogP contribution in [-0.4, -0.2) is 53.5 Å². The normalized spacial score (nSPS) is 22.5. The molecule has 0 saturated carbocycles. The summed E-state index contributed by atoms with van der Waals surface area (Å²) in [5.74, 6) is 1.26. The fourth-order valence-electron chi connectivity index (χ4n) is 3.39. The first-order valence-electron chi connectivity index (χ1n) is 9.54. The lowest BCUT2D eigenvalue weighted by molar-refractivity contribution is -0.145. The molecule has 2 saturated heterocycles. The van der Waals surface area contributed by atoms with Crippen molar-refractivity contribution in [2.45, 2.75) is 64.3 Å². The molecular formula is C19H33N3O4. The zero-order valence-corrected chi connectivity index (χ0v) is 16.2. The van der Waals surface area contributed by atoms with Gasteiger partial charge in [-0.1, -0.05) is 32.3 Å². The summed E-state index contributed by atoms with van der Waals surface area (Å²) in [4.78, 5) is 13.3. The third-order valence-corrected chi connectivity index (χ3v) is 5.00. The molecule has 0 aliphatic carbocycles. The van der Waals surface area contributed by atoms with E-state index < -0.39 is 5.97 Å². The van der Waals surface area contributed by atoms with E-state index in [0.29, 0.717) is 11.7 Å². The Balaban J connectivity index is 0.000000209. The van der Waals surface area contributed by atoms with Crippen molar-refractivity contribution in [2.24, 2.45) is 5.92 Å². The van der Waals surface area contributed by atoms with Gasteiger partial charge >= 0.3 is 5.97 Å². The predicted molar refractivity (Wildman–Crippen MR) is 100 cm³/mol. The molecule has 0 aromatic carbocycles. The molecule has 3 heterocycles. The van der Waals surface area contributed by atoms with Crippen molar-refractivity contribution in [1.82, 2.24) is 10.1 Å². The number of nitrogens with two attached hydrogens (primary N) is 1. The topological polar surface area (TPSA) is 102 Å². The third-order valence-electron chi connectivity index (χ3n) is 5.00. The fourth-order valence-corrected chi connectivity index (χ4v) is 3.39. The number of carbonyl (C=O) groups is 1. The van der Waals surface area contributed by atoms with E-state index in [4.69, 9.17) is 15.0 Å². The molecule has 7 nitrogen and oxygen atoms in total. The van der Waals surface area contributed by atoms with E-state index in [1.54, 1.807) is 6.07 Å². The predicted octanol–water partition coefficient (Wildman–Crippen LogP) is 2.91. The molecule has 1 aromatic rings. The average Bonchev–Trinajstić information content (AvgIpc) is 3.04. The van der Waals surface area contributed by atoms with Gasteiger partial charge in [-0.3, -0.25) is 9.69 Å². The Hall–Kier alpha value is -1.60. The number of piperidine rings is 1. The minimum Gasteiger partial charge on any atom is -0.480 e. The smallest absolute Gasteiger partial charge is 0.320 e. The lowest BCUT2D eigenvalue weighted by Crippen LogP contribution is -2.47. The number of hydrogen-bond donors (Lipinski definition) is 2. The Morgan fingerprint density at radius 3 is 2.50 bits per heavy atom. The number of aliphatic carboxylic acids is 1. The van der Waals surface area contributed by atoms with Gasteiger partial charge in [0.15, 0.2) is 5.82 Å². The SMILES string of the molecule is CC(C)(C)c1cc(N)no1.O=C(O)[C@@H]1CCCCN1CC1CCOCC1. The molecule has 1 atom stereocenters. The maximum absolute atomic E-state index is 11.1. The Morgan fingerprint density at radius 2 is 2.00 bits per heavy atom. The van der Waals surface area contributed by atoms with Gasteiger partial charge in [0.25, 0.3) is 0 Å². The van der Waals surface area contributed by atoms with Crippen LogP contribution in [0.4, 0.5) is 5.82 Å². The summed E-state index contributed by atoms with van der Waals surface area (Å²) in [7, 11) is 0. The molecule has 3 N–H and O–H groups in total. The molecule has 7 heteroatoms. The molecule has 0 radical (unpaired) electrons. The van der Waals surface area contributed by atoms with Gasteiger partial charge in [-0.15, -0.1) is 0 Å². The lowest BCUT2D eigenvalue weighted by atomic mass is 9.93. The highest BCUT2D eigenvalue weighted by molar-refractivity contribution is 5.73. The summed E-state index contributed by atoms with van der Waals surface area (Å²) in [6.07, 6.45) is 5.19. The molecule has 148 valence electrons. The third kappa shape index (κ3) is 6.29. The number of aromatic nitrogens is 1. The Labute approximate surface area is 155 Å². The Morgan fingerprint density at radius 1 is 1.31 bits per heavy atom. The molecular weight excluding hydrogens is 334 g/mol. The van der Waals surface area contributed by atoms with Gasteiger partial charge < -0.3 is 20.1 Å². The highest BCUT2D eigenvalue weighted by Crippen LogP contribution is 2.23. The van der Waals surface area contributed by atoms with Crippen LogP contribution in [0.5, 0.6) is 0 Å². The first-order chi connectivity index (χ1) is 12.3. The second-order valence-electron chi connectivity index (χ2n) is 8.27. The van der Waals surface area contributed by atoms with E-state index in [1.165, 1.54) is 0 Å². The monoisotopic (exact) mass is 367 g/mol. The standard InChI is InChI=1S/C12H21NO3.C7H12N2O/c14-12(15)11-3-1-2-6-13(11)9-10-4-7-16-8-5-10;1-7(2,3)5-4-6(8)9-10-5/h10-11H,1-9H2,(H,14,15);4H,1-3H3,(H2,8,9)/t11-;/m0./s1. The van der Waals surface area contributed by atoms with Crippen LogP contribution in [0, 0.1) is 5.92 Å². The average molecular weight is 367 g/mol. The Bertz CT molecular complexity index is 561. The summed E-state index contributed by atoms with van der Waals surface area (Å²) < 4.78 is 10.3. The van der Waals surface area contributed by atoms with Gasteiger partial charge in [0.2, 0.25) is 0 Å². The number of carboxylic acid groups (broad SMARTS) is 1. The van der Waals surface area contributed by atoms with Crippen molar-refractivity contribution in [3.63, 3.8) is 0 Å². The number of nitrogen functional groups attached to an aromatic ring is 1. The molecule has 2 aliphatic rings. The van der Waals surface area contributed by atoms with Crippen molar-refractivity contribution >= 4 is 11.8 Å². The number of nitrogens with zero attached hydrogens (tertiary/aromatic N) is 2. The molecule has 0 amide bonds. The van der Waals surface area contributed by atoms with Crippen molar-refractivity contribution in [1.29, 1.82) is 0 Å². The van der Waals surface area contributed by atoms with Crippen LogP contribution in [0.15, 0.2) is 10.6 Å². The molecule has 1 aromatic heterocycles. The van der Waals surface area contributed by atoms with Crippen LogP contribution in [0.1, 0.15) is 58.6 Å².